The van der Waals surface area contributed by atoms with E-state index in [4.69, 9.17) is 4.74 Å². The molecule has 1 rings (SSSR count). The fourth-order valence-electron chi connectivity index (χ4n) is 1.54. The molecule has 0 saturated carbocycles. The highest BCUT2D eigenvalue weighted by molar-refractivity contribution is 5.88. The molecule has 0 atom stereocenters. The van der Waals surface area contributed by atoms with Crippen LogP contribution in [0.2, 0.25) is 0 Å². The molecule has 0 saturated heterocycles. The van der Waals surface area contributed by atoms with Crippen LogP contribution in [-0.4, -0.2) is 25.0 Å². The van der Waals surface area contributed by atoms with Gasteiger partial charge in [0.2, 0.25) is 5.91 Å². The zero-order valence-electron chi connectivity index (χ0n) is 12.2. The summed E-state index contributed by atoms with van der Waals surface area (Å²) >= 11 is 0. The standard InChI is InChI=1S/C15H22N2O3/c1-11(2)8-9-16-15(19)10-20-14-6-4-13(5-7-14)17-12(3)18/h4-7,11H,8-10H2,1-3H3,(H,16,19)(H,17,18). The van der Waals surface area contributed by atoms with Crippen molar-refractivity contribution in [1.82, 2.24) is 5.32 Å². The Morgan fingerprint density at radius 3 is 2.40 bits per heavy atom. The largest absolute Gasteiger partial charge is 0.484 e. The maximum absolute atomic E-state index is 11.5. The first-order chi connectivity index (χ1) is 9.47. The second-order valence-corrected chi connectivity index (χ2v) is 5.03. The first-order valence-electron chi connectivity index (χ1n) is 6.74. The molecule has 1 aromatic carbocycles. The summed E-state index contributed by atoms with van der Waals surface area (Å²) in [5, 5.41) is 5.46. The Morgan fingerprint density at radius 2 is 1.85 bits per heavy atom. The van der Waals surface area contributed by atoms with Crippen LogP contribution in [0.1, 0.15) is 27.2 Å². The van der Waals surface area contributed by atoms with Crippen LogP contribution in [0.25, 0.3) is 0 Å². The molecule has 0 fully saturated rings. The third kappa shape index (κ3) is 6.78. The highest BCUT2D eigenvalue weighted by Crippen LogP contribution is 2.15. The number of nitrogens with one attached hydrogen (secondary N) is 2. The summed E-state index contributed by atoms with van der Waals surface area (Å²) < 4.78 is 5.36. The van der Waals surface area contributed by atoms with Gasteiger partial charge < -0.3 is 15.4 Å². The molecule has 2 amide bonds. The second kappa shape index (κ2) is 8.19. The fraction of sp³-hybridized carbons (Fsp3) is 0.467. The van der Waals surface area contributed by atoms with Gasteiger partial charge in [0.1, 0.15) is 5.75 Å². The monoisotopic (exact) mass is 278 g/mol. The van der Waals surface area contributed by atoms with E-state index in [1.807, 2.05) is 0 Å². The van der Waals surface area contributed by atoms with Gasteiger partial charge in [-0.05, 0) is 36.6 Å². The Bertz CT molecular complexity index is 441. The lowest BCUT2D eigenvalue weighted by Gasteiger charge is -2.09. The number of rotatable bonds is 7. The molecule has 0 bridgehead atoms. The molecule has 20 heavy (non-hydrogen) atoms. The average molecular weight is 278 g/mol. The van der Waals surface area contributed by atoms with Gasteiger partial charge in [-0.15, -0.1) is 0 Å². The van der Waals surface area contributed by atoms with E-state index in [0.29, 0.717) is 23.9 Å². The van der Waals surface area contributed by atoms with Crippen molar-refractivity contribution in [3.8, 4) is 5.75 Å². The smallest absolute Gasteiger partial charge is 0.257 e. The van der Waals surface area contributed by atoms with Crippen LogP contribution < -0.4 is 15.4 Å². The SMILES string of the molecule is CC(=O)Nc1ccc(OCC(=O)NCCC(C)C)cc1. The van der Waals surface area contributed by atoms with Crippen molar-refractivity contribution in [1.29, 1.82) is 0 Å². The minimum Gasteiger partial charge on any atom is -0.484 e. The third-order valence-electron chi connectivity index (χ3n) is 2.59. The van der Waals surface area contributed by atoms with Gasteiger partial charge in [-0.2, -0.15) is 0 Å². The zero-order chi connectivity index (χ0) is 15.0. The van der Waals surface area contributed by atoms with E-state index in [1.54, 1.807) is 24.3 Å². The molecule has 110 valence electrons. The summed E-state index contributed by atoms with van der Waals surface area (Å²) in [5.41, 5.74) is 0.700. The van der Waals surface area contributed by atoms with Crippen molar-refractivity contribution in [3.63, 3.8) is 0 Å². The van der Waals surface area contributed by atoms with Gasteiger partial charge in [0.05, 0.1) is 0 Å². The Morgan fingerprint density at radius 1 is 1.20 bits per heavy atom. The fourth-order valence-corrected chi connectivity index (χ4v) is 1.54. The number of benzene rings is 1. The highest BCUT2D eigenvalue weighted by Gasteiger charge is 2.03. The molecule has 5 nitrogen and oxygen atoms in total. The molecule has 0 unspecified atom stereocenters. The van der Waals surface area contributed by atoms with Crippen LogP contribution in [0.15, 0.2) is 24.3 Å². The van der Waals surface area contributed by atoms with E-state index in [-0.39, 0.29) is 18.4 Å². The van der Waals surface area contributed by atoms with E-state index in [9.17, 15) is 9.59 Å². The van der Waals surface area contributed by atoms with E-state index >= 15 is 0 Å². The lowest BCUT2D eigenvalue weighted by molar-refractivity contribution is -0.123. The Hall–Kier alpha value is -2.04. The average Bonchev–Trinajstić information content (AvgIpc) is 2.37. The summed E-state index contributed by atoms with van der Waals surface area (Å²) in [6.45, 7) is 6.34. The first kappa shape index (κ1) is 16.0. The van der Waals surface area contributed by atoms with Crippen LogP contribution in [-0.2, 0) is 9.59 Å². The predicted octanol–water partition coefficient (Wildman–Crippen LogP) is 2.19. The quantitative estimate of drug-likeness (QED) is 0.803. The molecule has 0 radical (unpaired) electrons. The zero-order valence-corrected chi connectivity index (χ0v) is 12.2. The molecule has 5 heteroatoms. The highest BCUT2D eigenvalue weighted by atomic mass is 16.5. The van der Waals surface area contributed by atoms with Gasteiger partial charge in [-0.1, -0.05) is 13.8 Å². The minimum atomic E-state index is -0.128. The van der Waals surface area contributed by atoms with Crippen LogP contribution >= 0.6 is 0 Å². The summed E-state index contributed by atoms with van der Waals surface area (Å²) in [6.07, 6.45) is 0.956. The first-order valence-corrected chi connectivity index (χ1v) is 6.74. The summed E-state index contributed by atoms with van der Waals surface area (Å²) in [7, 11) is 0. The van der Waals surface area contributed by atoms with Crippen molar-refractivity contribution < 1.29 is 14.3 Å². The van der Waals surface area contributed by atoms with Gasteiger partial charge in [-0.3, -0.25) is 9.59 Å². The van der Waals surface area contributed by atoms with Gasteiger partial charge in [0, 0.05) is 19.2 Å². The molecule has 0 aliphatic carbocycles. The van der Waals surface area contributed by atoms with Crippen LogP contribution in [0.4, 0.5) is 5.69 Å². The third-order valence-corrected chi connectivity index (χ3v) is 2.59. The van der Waals surface area contributed by atoms with Crippen LogP contribution in [0.3, 0.4) is 0 Å². The Balaban J connectivity index is 2.30. The number of ether oxygens (including phenoxy) is 1. The van der Waals surface area contributed by atoms with Crippen LogP contribution in [0.5, 0.6) is 5.75 Å². The van der Waals surface area contributed by atoms with Crippen LogP contribution in [0, 0.1) is 5.92 Å². The molecule has 0 heterocycles. The van der Waals surface area contributed by atoms with Crippen molar-refractivity contribution >= 4 is 17.5 Å². The molecule has 0 aromatic heterocycles. The lowest BCUT2D eigenvalue weighted by atomic mass is 10.1. The van der Waals surface area contributed by atoms with Crippen molar-refractivity contribution in [3.05, 3.63) is 24.3 Å². The molecule has 0 aliphatic heterocycles. The van der Waals surface area contributed by atoms with E-state index in [2.05, 4.69) is 24.5 Å². The Kier molecular flexibility index (Phi) is 6.56. The number of hydrogen-bond donors (Lipinski definition) is 2. The number of amides is 2. The summed E-state index contributed by atoms with van der Waals surface area (Å²) in [4.78, 5) is 22.4. The molecule has 0 spiro atoms. The number of anilines is 1. The maximum atomic E-state index is 11.5. The predicted molar refractivity (Wildman–Crippen MR) is 78.7 cm³/mol. The lowest BCUT2D eigenvalue weighted by Crippen LogP contribution is -2.30. The summed E-state index contributed by atoms with van der Waals surface area (Å²) in [6, 6.07) is 6.89. The molecule has 1 aromatic rings. The molecule has 2 N–H and O–H groups in total. The minimum absolute atomic E-state index is 0.00240. The normalized spacial score (nSPS) is 10.2. The number of carbonyl (C=O) groups is 2. The van der Waals surface area contributed by atoms with Gasteiger partial charge >= 0.3 is 0 Å². The van der Waals surface area contributed by atoms with Crippen molar-refractivity contribution in [2.24, 2.45) is 5.92 Å². The van der Waals surface area contributed by atoms with Gasteiger partial charge in [0.15, 0.2) is 6.61 Å². The second-order valence-electron chi connectivity index (χ2n) is 5.03. The summed E-state index contributed by atoms with van der Waals surface area (Å²) in [5.74, 6) is 0.912. The van der Waals surface area contributed by atoms with E-state index < -0.39 is 0 Å². The van der Waals surface area contributed by atoms with E-state index in [1.165, 1.54) is 6.92 Å². The maximum Gasteiger partial charge on any atom is 0.257 e. The van der Waals surface area contributed by atoms with E-state index in [0.717, 1.165) is 6.42 Å². The number of hydrogen-bond acceptors (Lipinski definition) is 3. The van der Waals surface area contributed by atoms with Crippen molar-refractivity contribution in [2.75, 3.05) is 18.5 Å². The van der Waals surface area contributed by atoms with Crippen molar-refractivity contribution in [2.45, 2.75) is 27.2 Å². The molecular weight excluding hydrogens is 256 g/mol. The molecule has 0 aliphatic rings. The topological polar surface area (TPSA) is 67.4 Å². The van der Waals surface area contributed by atoms with Gasteiger partial charge in [0.25, 0.3) is 5.91 Å². The Labute approximate surface area is 119 Å². The number of carbonyl (C=O) groups excluding carboxylic acids is 2. The molecular formula is C15H22N2O3. The van der Waals surface area contributed by atoms with Gasteiger partial charge in [-0.25, -0.2) is 0 Å².